The summed E-state index contributed by atoms with van der Waals surface area (Å²) in [6, 6.07) is 17.3. The van der Waals surface area contributed by atoms with Crippen LogP contribution in [0.1, 0.15) is 16.1 Å². The van der Waals surface area contributed by atoms with Gasteiger partial charge in [-0.2, -0.15) is 5.26 Å². The number of rotatable bonds is 3. The largest absolute Gasteiger partial charge is 0.366 e. The molecule has 3 rings (SSSR count). The molecular formula is C18H13N3O3. The molecule has 0 unspecified atom stereocenters. The van der Waals surface area contributed by atoms with Crippen LogP contribution in [0.3, 0.4) is 0 Å². The number of nitrogens with one attached hydrogen (secondary N) is 1. The fourth-order valence-electron chi connectivity index (χ4n) is 2.40. The first-order valence-corrected chi connectivity index (χ1v) is 7.17. The molecule has 6 heteroatoms. The van der Waals surface area contributed by atoms with E-state index >= 15 is 0 Å². The number of aryl methyl sites for hydroxylation is 1. The third kappa shape index (κ3) is 2.83. The van der Waals surface area contributed by atoms with E-state index in [9.17, 15) is 9.59 Å². The summed E-state index contributed by atoms with van der Waals surface area (Å²) in [5.41, 5.74) is 1.39. The maximum atomic E-state index is 12.6. The van der Waals surface area contributed by atoms with Gasteiger partial charge < -0.3 is 9.84 Å². The van der Waals surface area contributed by atoms with Gasteiger partial charge >= 0.3 is 5.63 Å². The van der Waals surface area contributed by atoms with E-state index in [4.69, 9.17) is 9.78 Å². The van der Waals surface area contributed by atoms with E-state index in [1.165, 1.54) is 7.05 Å². The predicted octanol–water partition coefficient (Wildman–Crippen LogP) is 2.77. The fraction of sp³-hybridized carbons (Fsp3) is 0.0556. The second-order valence-corrected chi connectivity index (χ2v) is 5.11. The molecular weight excluding hydrogens is 306 g/mol. The van der Waals surface area contributed by atoms with Crippen molar-refractivity contribution in [3.05, 3.63) is 76.3 Å². The van der Waals surface area contributed by atoms with Gasteiger partial charge in [-0.25, -0.2) is 9.53 Å². The van der Waals surface area contributed by atoms with Crippen LogP contribution in [0.2, 0.25) is 0 Å². The van der Waals surface area contributed by atoms with E-state index in [2.05, 4.69) is 5.32 Å². The highest BCUT2D eigenvalue weighted by Crippen LogP contribution is 2.21. The molecule has 0 radical (unpaired) electrons. The lowest BCUT2D eigenvalue weighted by molar-refractivity contribution is 0.100. The van der Waals surface area contributed by atoms with Crippen molar-refractivity contribution in [2.45, 2.75) is 0 Å². The van der Waals surface area contributed by atoms with E-state index in [0.717, 1.165) is 4.74 Å². The molecule has 0 saturated carbocycles. The molecule has 6 nitrogen and oxygen atoms in total. The van der Waals surface area contributed by atoms with Crippen LogP contribution < -0.4 is 10.9 Å². The highest BCUT2D eigenvalue weighted by molar-refractivity contribution is 6.07. The van der Waals surface area contributed by atoms with Gasteiger partial charge in [-0.1, -0.05) is 30.3 Å². The van der Waals surface area contributed by atoms with Crippen molar-refractivity contribution in [3.8, 4) is 17.2 Å². The van der Waals surface area contributed by atoms with E-state index in [-0.39, 0.29) is 11.3 Å². The average molecular weight is 319 g/mol. The predicted molar refractivity (Wildman–Crippen MR) is 88.5 cm³/mol. The molecule has 1 amide bonds. The number of amides is 1. The van der Waals surface area contributed by atoms with Gasteiger partial charge in [-0.3, -0.25) is 4.79 Å². The van der Waals surface area contributed by atoms with Crippen LogP contribution in [-0.4, -0.2) is 10.6 Å². The zero-order valence-electron chi connectivity index (χ0n) is 12.8. The Hall–Kier alpha value is -3.59. The highest BCUT2D eigenvalue weighted by Gasteiger charge is 2.23. The van der Waals surface area contributed by atoms with Crippen molar-refractivity contribution in [2.75, 3.05) is 5.32 Å². The number of hydrogen-bond donors (Lipinski definition) is 1. The van der Waals surface area contributed by atoms with Crippen molar-refractivity contribution >= 4 is 11.6 Å². The van der Waals surface area contributed by atoms with Crippen LogP contribution in [0.15, 0.2) is 63.9 Å². The van der Waals surface area contributed by atoms with Crippen LogP contribution in [0.25, 0.3) is 11.1 Å². The molecule has 24 heavy (non-hydrogen) atoms. The van der Waals surface area contributed by atoms with Gasteiger partial charge in [0.15, 0.2) is 5.69 Å². The quantitative estimate of drug-likeness (QED) is 0.804. The summed E-state index contributed by atoms with van der Waals surface area (Å²) in [7, 11) is 1.50. The van der Waals surface area contributed by atoms with Gasteiger partial charge in [0.1, 0.15) is 5.56 Å². The fourth-order valence-corrected chi connectivity index (χ4v) is 2.40. The van der Waals surface area contributed by atoms with Crippen LogP contribution in [-0.2, 0) is 7.05 Å². The molecule has 0 saturated heterocycles. The number of nitrogens with zero attached hydrogens (tertiary/aromatic N) is 2. The smallest absolute Gasteiger partial charge is 0.335 e. The van der Waals surface area contributed by atoms with Gasteiger partial charge in [0.2, 0.25) is 0 Å². The monoisotopic (exact) mass is 319 g/mol. The zero-order valence-corrected chi connectivity index (χ0v) is 12.8. The maximum Gasteiger partial charge on any atom is 0.366 e. The normalized spacial score (nSPS) is 10.2. The molecule has 0 spiro atoms. The number of aromatic nitrogens is 1. The first kappa shape index (κ1) is 15.3. The van der Waals surface area contributed by atoms with Crippen LogP contribution >= 0.6 is 0 Å². The summed E-state index contributed by atoms with van der Waals surface area (Å²) in [6.45, 7) is 0. The molecule has 0 atom stereocenters. The molecule has 118 valence electrons. The Morgan fingerprint density at radius 3 is 2.42 bits per heavy atom. The second kappa shape index (κ2) is 6.26. The summed E-state index contributed by atoms with van der Waals surface area (Å²) in [4.78, 5) is 24.7. The number of carbonyl (C=O) groups excluding carboxylic acids is 1. The van der Waals surface area contributed by atoms with E-state index in [1.54, 1.807) is 48.5 Å². The lowest BCUT2D eigenvalue weighted by Gasteiger charge is -2.07. The molecule has 0 fully saturated rings. The summed E-state index contributed by atoms with van der Waals surface area (Å²) in [5.74, 6) is -0.466. The Morgan fingerprint density at radius 1 is 1.12 bits per heavy atom. The Kier molecular flexibility index (Phi) is 4.00. The lowest BCUT2D eigenvalue weighted by atomic mass is 10.1. The topological polar surface area (TPSA) is 88.0 Å². The van der Waals surface area contributed by atoms with Crippen molar-refractivity contribution in [1.29, 1.82) is 5.26 Å². The van der Waals surface area contributed by atoms with Crippen molar-refractivity contribution in [3.63, 3.8) is 0 Å². The molecule has 3 aromatic rings. The number of benzene rings is 2. The molecule has 0 aliphatic heterocycles. The standard InChI is InChI=1S/C18H13N3O3/c1-21-16(15(18(23)24-21)13-5-3-2-4-6-13)17(22)20-14-9-7-12(11-19)8-10-14/h2-10H,1H3,(H,20,22). The Morgan fingerprint density at radius 2 is 1.79 bits per heavy atom. The van der Waals surface area contributed by atoms with Crippen LogP contribution in [0.5, 0.6) is 0 Å². The maximum absolute atomic E-state index is 12.6. The summed E-state index contributed by atoms with van der Waals surface area (Å²) in [6.07, 6.45) is 0. The molecule has 1 aromatic heterocycles. The minimum atomic E-state index is -0.575. The Balaban J connectivity index is 1.98. The van der Waals surface area contributed by atoms with E-state index in [1.807, 2.05) is 12.1 Å². The summed E-state index contributed by atoms with van der Waals surface area (Å²) in [5, 5.41) is 11.5. The first-order chi connectivity index (χ1) is 11.6. The number of hydrogen-bond acceptors (Lipinski definition) is 4. The van der Waals surface area contributed by atoms with Gasteiger partial charge in [-0.15, -0.1) is 0 Å². The minimum absolute atomic E-state index is 0.135. The van der Waals surface area contributed by atoms with E-state index < -0.39 is 11.5 Å². The second-order valence-electron chi connectivity index (χ2n) is 5.11. The molecule has 1 heterocycles. The number of carbonyl (C=O) groups is 1. The van der Waals surface area contributed by atoms with Crippen molar-refractivity contribution in [1.82, 2.24) is 4.74 Å². The van der Waals surface area contributed by atoms with Gasteiger partial charge in [0.05, 0.1) is 11.6 Å². The van der Waals surface area contributed by atoms with Gasteiger partial charge in [-0.05, 0) is 29.8 Å². The van der Waals surface area contributed by atoms with E-state index in [0.29, 0.717) is 16.8 Å². The third-order valence-corrected chi connectivity index (χ3v) is 3.53. The van der Waals surface area contributed by atoms with Crippen LogP contribution in [0.4, 0.5) is 5.69 Å². The molecule has 1 N–H and O–H groups in total. The van der Waals surface area contributed by atoms with Crippen molar-refractivity contribution < 1.29 is 9.32 Å². The number of nitriles is 1. The van der Waals surface area contributed by atoms with Crippen LogP contribution in [0, 0.1) is 11.3 Å². The Bertz CT molecular complexity index is 977. The zero-order chi connectivity index (χ0) is 17.1. The molecule has 0 bridgehead atoms. The molecule has 0 aliphatic rings. The molecule has 2 aromatic carbocycles. The lowest BCUT2D eigenvalue weighted by Crippen LogP contribution is -2.17. The highest BCUT2D eigenvalue weighted by atomic mass is 16.5. The van der Waals surface area contributed by atoms with Crippen molar-refractivity contribution in [2.24, 2.45) is 7.05 Å². The SMILES string of the molecule is Cn1oc(=O)c(-c2ccccc2)c1C(=O)Nc1ccc(C#N)cc1. The number of anilines is 1. The first-order valence-electron chi connectivity index (χ1n) is 7.17. The van der Waals surface area contributed by atoms with Gasteiger partial charge in [0, 0.05) is 12.7 Å². The third-order valence-electron chi connectivity index (χ3n) is 3.53. The average Bonchev–Trinajstić information content (AvgIpc) is 2.90. The summed E-state index contributed by atoms with van der Waals surface area (Å²) >= 11 is 0. The minimum Gasteiger partial charge on any atom is -0.335 e. The molecule has 0 aliphatic carbocycles. The summed E-state index contributed by atoms with van der Waals surface area (Å²) < 4.78 is 6.21. The van der Waals surface area contributed by atoms with Gasteiger partial charge in [0.25, 0.3) is 5.91 Å². The Labute approximate surface area is 137 Å².